The molecule has 1 aromatic carbocycles. The van der Waals surface area contributed by atoms with Crippen LogP contribution in [0.4, 0.5) is 0 Å². The van der Waals surface area contributed by atoms with Gasteiger partial charge in [0.15, 0.2) is 6.04 Å². The number of halogens is 1. The van der Waals surface area contributed by atoms with Crippen LogP contribution in [0.1, 0.15) is 21.7 Å². The molecule has 24 heavy (non-hydrogen) atoms. The quantitative estimate of drug-likeness (QED) is 0.839. The third-order valence-electron chi connectivity index (χ3n) is 3.70. The average molecular weight is 351 g/mol. The van der Waals surface area contributed by atoms with Crippen LogP contribution in [0, 0.1) is 13.8 Å². The van der Waals surface area contributed by atoms with Crippen LogP contribution in [-0.2, 0) is 9.53 Å². The molecule has 0 bridgehead atoms. The first kappa shape index (κ1) is 18.0. The van der Waals surface area contributed by atoms with Gasteiger partial charge in [0.1, 0.15) is 0 Å². The number of aromatic nitrogens is 1. The number of carbonyl (C=O) groups is 2. The minimum atomic E-state index is -1.14. The maximum absolute atomic E-state index is 12.4. The maximum atomic E-state index is 12.4. The lowest BCUT2D eigenvalue weighted by atomic mass is 10.2. The third-order valence-corrected chi connectivity index (χ3v) is 3.95. The largest absolute Gasteiger partial charge is 0.480 e. The molecule has 0 aliphatic rings. The van der Waals surface area contributed by atoms with E-state index in [9.17, 15) is 9.59 Å². The maximum Gasteiger partial charge on any atom is 0.328 e. The van der Waals surface area contributed by atoms with Crippen molar-refractivity contribution in [1.82, 2.24) is 9.88 Å². The number of carboxylic acids is 1. The van der Waals surface area contributed by atoms with Crippen LogP contribution in [0.15, 0.2) is 30.3 Å². The summed E-state index contributed by atoms with van der Waals surface area (Å²) in [7, 11) is 1.38. The van der Waals surface area contributed by atoms with Crippen molar-refractivity contribution in [2.24, 2.45) is 0 Å². The first-order valence-electron chi connectivity index (χ1n) is 7.32. The molecular weight excluding hydrogens is 332 g/mol. The van der Waals surface area contributed by atoms with E-state index in [-0.39, 0.29) is 6.61 Å². The van der Waals surface area contributed by atoms with Gasteiger partial charge in [-0.05, 0) is 44.2 Å². The Labute approximate surface area is 145 Å². The van der Waals surface area contributed by atoms with Crippen molar-refractivity contribution >= 4 is 23.5 Å². The van der Waals surface area contributed by atoms with Crippen LogP contribution in [0.2, 0.25) is 5.02 Å². The number of nitrogens with one attached hydrogen (secondary N) is 1. The molecule has 1 atom stereocenters. The summed E-state index contributed by atoms with van der Waals surface area (Å²) in [5, 5.41) is 12.2. The molecule has 7 heteroatoms. The predicted octanol–water partition coefficient (Wildman–Crippen LogP) is 2.58. The highest BCUT2D eigenvalue weighted by molar-refractivity contribution is 6.30. The van der Waals surface area contributed by atoms with Gasteiger partial charge in [-0.25, -0.2) is 4.79 Å². The SMILES string of the molecule is COCC(NC(=O)c1cc(C)n(-c2ccc(Cl)cc2)c1C)C(=O)O. The normalized spacial score (nSPS) is 12.0. The first-order chi connectivity index (χ1) is 11.3. The van der Waals surface area contributed by atoms with Crippen molar-refractivity contribution < 1.29 is 19.4 Å². The second-order valence-corrected chi connectivity index (χ2v) is 5.85. The zero-order valence-corrected chi connectivity index (χ0v) is 14.4. The summed E-state index contributed by atoms with van der Waals surface area (Å²) in [6.45, 7) is 3.59. The number of carboxylic acid groups (broad SMARTS) is 1. The molecule has 2 N–H and O–H groups in total. The number of aliphatic carboxylic acids is 1. The van der Waals surface area contributed by atoms with Crippen LogP contribution >= 0.6 is 11.6 Å². The number of rotatable bonds is 6. The highest BCUT2D eigenvalue weighted by Crippen LogP contribution is 2.22. The zero-order chi connectivity index (χ0) is 17.9. The molecular formula is C17H19ClN2O4. The Morgan fingerprint density at radius 1 is 1.29 bits per heavy atom. The number of ether oxygens (including phenoxy) is 1. The van der Waals surface area contributed by atoms with E-state index in [1.165, 1.54) is 7.11 Å². The van der Waals surface area contributed by atoms with Gasteiger partial charge in [-0.2, -0.15) is 0 Å². The van der Waals surface area contributed by atoms with Crippen molar-refractivity contribution in [3.63, 3.8) is 0 Å². The van der Waals surface area contributed by atoms with E-state index in [1.54, 1.807) is 18.2 Å². The summed E-state index contributed by atoms with van der Waals surface area (Å²) in [4.78, 5) is 23.6. The second-order valence-electron chi connectivity index (χ2n) is 5.42. The molecule has 0 aliphatic heterocycles. The molecule has 0 fully saturated rings. The molecule has 1 aromatic heterocycles. The summed E-state index contributed by atoms with van der Waals surface area (Å²) in [5.41, 5.74) is 2.87. The summed E-state index contributed by atoms with van der Waals surface area (Å²) in [5.74, 6) is -1.59. The molecule has 2 aromatic rings. The minimum Gasteiger partial charge on any atom is -0.480 e. The van der Waals surface area contributed by atoms with E-state index in [2.05, 4.69) is 5.32 Å². The number of hydrogen-bond donors (Lipinski definition) is 2. The highest BCUT2D eigenvalue weighted by Gasteiger charge is 2.23. The van der Waals surface area contributed by atoms with Crippen LogP contribution < -0.4 is 5.32 Å². The Kier molecular flexibility index (Phi) is 5.64. The van der Waals surface area contributed by atoms with Crippen molar-refractivity contribution in [2.45, 2.75) is 19.9 Å². The molecule has 1 heterocycles. The average Bonchev–Trinajstić information content (AvgIpc) is 2.83. The van der Waals surface area contributed by atoms with E-state index >= 15 is 0 Å². The van der Waals surface area contributed by atoms with Gasteiger partial charge in [0.05, 0.1) is 12.2 Å². The van der Waals surface area contributed by atoms with Crippen molar-refractivity contribution in [2.75, 3.05) is 13.7 Å². The summed E-state index contributed by atoms with van der Waals surface area (Å²) in [6, 6.07) is 7.89. The smallest absolute Gasteiger partial charge is 0.328 e. The zero-order valence-electron chi connectivity index (χ0n) is 13.7. The summed E-state index contributed by atoms with van der Waals surface area (Å²) in [6.07, 6.45) is 0. The Hall–Kier alpha value is -2.31. The minimum absolute atomic E-state index is 0.100. The fraction of sp³-hybridized carbons (Fsp3) is 0.294. The molecule has 0 saturated heterocycles. The molecule has 6 nitrogen and oxygen atoms in total. The highest BCUT2D eigenvalue weighted by atomic mass is 35.5. The van der Waals surface area contributed by atoms with E-state index in [0.29, 0.717) is 16.3 Å². The monoisotopic (exact) mass is 350 g/mol. The van der Waals surface area contributed by atoms with Gasteiger partial charge in [0, 0.05) is 29.2 Å². The lowest BCUT2D eigenvalue weighted by molar-refractivity contribution is -0.140. The van der Waals surface area contributed by atoms with Gasteiger partial charge in [-0.15, -0.1) is 0 Å². The van der Waals surface area contributed by atoms with Crippen molar-refractivity contribution in [3.05, 3.63) is 52.3 Å². The Morgan fingerprint density at radius 2 is 1.92 bits per heavy atom. The van der Waals surface area contributed by atoms with E-state index in [4.69, 9.17) is 21.4 Å². The number of carbonyl (C=O) groups excluding carboxylic acids is 1. The van der Waals surface area contributed by atoms with Crippen LogP contribution in [-0.4, -0.2) is 41.3 Å². The summed E-state index contributed by atoms with van der Waals surface area (Å²) < 4.78 is 6.74. The Balaban J connectivity index is 2.32. The fourth-order valence-electron chi connectivity index (χ4n) is 2.56. The number of benzene rings is 1. The van der Waals surface area contributed by atoms with E-state index in [1.807, 2.05) is 30.5 Å². The number of aryl methyl sites for hydroxylation is 1. The van der Waals surface area contributed by atoms with Gasteiger partial charge in [-0.3, -0.25) is 4.79 Å². The van der Waals surface area contributed by atoms with Gasteiger partial charge in [-0.1, -0.05) is 11.6 Å². The molecule has 0 aliphatic carbocycles. The number of amides is 1. The standard InChI is InChI=1S/C17H19ClN2O4/c1-10-8-14(16(21)19-15(9-24-3)17(22)23)11(2)20(10)13-6-4-12(18)5-7-13/h4-8,15H,9H2,1-3H3,(H,19,21)(H,22,23). The third kappa shape index (κ3) is 3.77. The van der Waals surface area contributed by atoms with Gasteiger partial charge in [0.2, 0.25) is 0 Å². The van der Waals surface area contributed by atoms with Crippen LogP contribution in [0.25, 0.3) is 5.69 Å². The molecule has 1 amide bonds. The summed E-state index contributed by atoms with van der Waals surface area (Å²) >= 11 is 5.91. The molecule has 128 valence electrons. The van der Waals surface area contributed by atoms with E-state index < -0.39 is 17.9 Å². The molecule has 1 unspecified atom stereocenters. The molecule has 0 saturated carbocycles. The lowest BCUT2D eigenvalue weighted by Gasteiger charge is -2.14. The van der Waals surface area contributed by atoms with Gasteiger partial charge in [0.25, 0.3) is 5.91 Å². The Bertz CT molecular complexity index is 753. The van der Waals surface area contributed by atoms with Crippen molar-refractivity contribution in [1.29, 1.82) is 0 Å². The second kappa shape index (κ2) is 7.51. The van der Waals surface area contributed by atoms with Crippen LogP contribution in [0.5, 0.6) is 0 Å². The Morgan fingerprint density at radius 3 is 2.46 bits per heavy atom. The number of nitrogens with zero attached hydrogens (tertiary/aromatic N) is 1. The van der Waals surface area contributed by atoms with Gasteiger partial charge < -0.3 is 19.7 Å². The first-order valence-corrected chi connectivity index (χ1v) is 7.70. The predicted molar refractivity (Wildman–Crippen MR) is 91.0 cm³/mol. The number of hydrogen-bond acceptors (Lipinski definition) is 3. The topological polar surface area (TPSA) is 80.6 Å². The fourth-order valence-corrected chi connectivity index (χ4v) is 2.68. The molecule has 0 spiro atoms. The molecule has 0 radical (unpaired) electrons. The van der Waals surface area contributed by atoms with E-state index in [0.717, 1.165) is 11.4 Å². The van der Waals surface area contributed by atoms with Gasteiger partial charge >= 0.3 is 5.97 Å². The van der Waals surface area contributed by atoms with Crippen molar-refractivity contribution in [3.8, 4) is 5.69 Å². The number of methoxy groups -OCH3 is 1. The molecule has 2 rings (SSSR count). The lowest BCUT2D eigenvalue weighted by Crippen LogP contribution is -2.43. The van der Waals surface area contributed by atoms with Crippen LogP contribution in [0.3, 0.4) is 0 Å².